The summed E-state index contributed by atoms with van der Waals surface area (Å²) in [4.78, 5) is 2.29. The summed E-state index contributed by atoms with van der Waals surface area (Å²) in [5.41, 5.74) is 1.88. The Morgan fingerprint density at radius 2 is 2.00 bits per heavy atom. The molecule has 1 N–H and O–H groups in total. The maximum Gasteiger partial charge on any atom is 0.0755 e. The second kappa shape index (κ2) is 4.48. The van der Waals surface area contributed by atoms with Crippen LogP contribution in [0.5, 0.6) is 0 Å². The van der Waals surface area contributed by atoms with Gasteiger partial charge in [0.25, 0.3) is 0 Å². The first-order valence-electron chi connectivity index (χ1n) is 6.06. The number of fused-ring (bicyclic) bond motifs is 2. The van der Waals surface area contributed by atoms with Crippen molar-refractivity contribution in [1.82, 2.24) is 0 Å². The molecule has 1 aromatic rings. The van der Waals surface area contributed by atoms with Crippen molar-refractivity contribution in [3.63, 3.8) is 0 Å². The van der Waals surface area contributed by atoms with Gasteiger partial charge in [0.05, 0.1) is 18.8 Å². The molecule has 2 heterocycles. The Bertz CT molecular complexity index is 412. The Balaban J connectivity index is 1.91. The Labute approximate surface area is 106 Å². The molecule has 0 aliphatic carbocycles. The van der Waals surface area contributed by atoms with E-state index in [9.17, 15) is 5.11 Å². The average Bonchev–Trinajstić information content (AvgIpc) is 2.68. The van der Waals surface area contributed by atoms with E-state index in [1.165, 1.54) is 0 Å². The molecule has 0 spiro atoms. The zero-order valence-corrected chi connectivity index (χ0v) is 10.4. The van der Waals surface area contributed by atoms with Gasteiger partial charge in [0.15, 0.2) is 0 Å². The summed E-state index contributed by atoms with van der Waals surface area (Å²) in [5, 5.41) is 10.1. The van der Waals surface area contributed by atoms with Crippen LogP contribution in [-0.2, 0) is 11.3 Å². The van der Waals surface area contributed by atoms with Crippen molar-refractivity contribution < 1.29 is 9.84 Å². The summed E-state index contributed by atoms with van der Waals surface area (Å²) in [6.07, 6.45) is 2.99. The number of aliphatic hydroxyl groups excluding tert-OH is 1. The van der Waals surface area contributed by atoms with Crippen LogP contribution in [-0.4, -0.2) is 30.4 Å². The lowest BCUT2D eigenvalue weighted by molar-refractivity contribution is 0.0303. The number of rotatable bonds is 2. The largest absolute Gasteiger partial charge is 0.392 e. The van der Waals surface area contributed by atoms with Crippen molar-refractivity contribution in [2.75, 3.05) is 18.0 Å². The fraction of sp³-hybridized carbons (Fsp3) is 0.538. The fourth-order valence-corrected chi connectivity index (χ4v) is 3.04. The first-order valence-corrected chi connectivity index (χ1v) is 6.44. The normalized spacial score (nSPS) is 27.5. The molecule has 0 radical (unpaired) electrons. The number of anilines is 1. The highest BCUT2D eigenvalue weighted by Gasteiger charge is 2.34. The number of benzene rings is 1. The van der Waals surface area contributed by atoms with Gasteiger partial charge < -0.3 is 14.7 Å². The van der Waals surface area contributed by atoms with Gasteiger partial charge in [-0.1, -0.05) is 17.7 Å². The number of hydrogen-bond acceptors (Lipinski definition) is 3. The van der Waals surface area contributed by atoms with Crippen LogP contribution in [0.2, 0.25) is 5.02 Å². The lowest BCUT2D eigenvalue weighted by Crippen LogP contribution is -2.43. The third kappa shape index (κ3) is 2.03. The molecule has 2 aliphatic rings. The molecular weight excluding hydrogens is 238 g/mol. The summed E-state index contributed by atoms with van der Waals surface area (Å²) in [6, 6.07) is 5.79. The third-order valence-electron chi connectivity index (χ3n) is 3.64. The van der Waals surface area contributed by atoms with Gasteiger partial charge in [-0.15, -0.1) is 0 Å². The number of morpholine rings is 1. The molecule has 2 fully saturated rings. The number of nitrogens with zero attached hydrogens (tertiary/aromatic N) is 1. The molecule has 92 valence electrons. The molecule has 17 heavy (non-hydrogen) atoms. The standard InChI is InChI=1S/C13H16ClNO2/c14-12-2-1-3-13(11(12)8-16)15-6-9-4-5-10(7-15)17-9/h1-3,9-10,16H,4-8H2. The summed E-state index contributed by atoms with van der Waals surface area (Å²) in [6.45, 7) is 1.80. The molecule has 0 aromatic heterocycles. The van der Waals surface area contributed by atoms with Gasteiger partial charge in [-0.3, -0.25) is 0 Å². The van der Waals surface area contributed by atoms with Gasteiger partial charge in [-0.2, -0.15) is 0 Å². The maximum absolute atomic E-state index is 9.43. The quantitative estimate of drug-likeness (QED) is 0.877. The van der Waals surface area contributed by atoms with E-state index >= 15 is 0 Å². The van der Waals surface area contributed by atoms with Gasteiger partial charge in [0.2, 0.25) is 0 Å². The Hall–Kier alpha value is -0.770. The van der Waals surface area contributed by atoms with Crippen LogP contribution >= 0.6 is 11.6 Å². The van der Waals surface area contributed by atoms with E-state index in [4.69, 9.17) is 16.3 Å². The minimum Gasteiger partial charge on any atom is -0.392 e. The first-order chi connectivity index (χ1) is 8.28. The highest BCUT2D eigenvalue weighted by molar-refractivity contribution is 6.31. The van der Waals surface area contributed by atoms with Crippen molar-refractivity contribution in [3.05, 3.63) is 28.8 Å². The van der Waals surface area contributed by atoms with E-state index < -0.39 is 0 Å². The average molecular weight is 254 g/mol. The number of halogens is 1. The van der Waals surface area contributed by atoms with E-state index in [1.807, 2.05) is 18.2 Å². The van der Waals surface area contributed by atoms with Crippen LogP contribution in [0.15, 0.2) is 18.2 Å². The minimum atomic E-state index is -0.0122. The molecule has 4 heteroatoms. The molecule has 0 saturated carbocycles. The van der Waals surface area contributed by atoms with Crippen molar-refractivity contribution >= 4 is 17.3 Å². The molecule has 3 rings (SSSR count). The second-order valence-corrected chi connectivity index (χ2v) is 5.17. The fourth-order valence-electron chi connectivity index (χ4n) is 2.81. The smallest absolute Gasteiger partial charge is 0.0755 e. The summed E-state index contributed by atoms with van der Waals surface area (Å²) in [7, 11) is 0. The molecule has 2 saturated heterocycles. The van der Waals surface area contributed by atoms with Gasteiger partial charge in [-0.05, 0) is 25.0 Å². The highest BCUT2D eigenvalue weighted by atomic mass is 35.5. The van der Waals surface area contributed by atoms with E-state index in [0.29, 0.717) is 17.2 Å². The van der Waals surface area contributed by atoms with E-state index in [-0.39, 0.29) is 6.61 Å². The zero-order valence-electron chi connectivity index (χ0n) is 9.60. The Morgan fingerprint density at radius 1 is 1.29 bits per heavy atom. The Morgan fingerprint density at radius 3 is 2.65 bits per heavy atom. The molecule has 2 bridgehead atoms. The molecule has 2 aliphatic heterocycles. The highest BCUT2D eigenvalue weighted by Crippen LogP contribution is 2.33. The third-order valence-corrected chi connectivity index (χ3v) is 3.99. The lowest BCUT2D eigenvalue weighted by Gasteiger charge is -2.35. The SMILES string of the molecule is OCc1c(Cl)cccc1N1CC2CCC(C1)O2. The number of aliphatic hydroxyl groups is 1. The van der Waals surface area contributed by atoms with Crippen LogP contribution in [0.1, 0.15) is 18.4 Å². The monoisotopic (exact) mass is 253 g/mol. The molecular formula is C13H16ClNO2. The maximum atomic E-state index is 9.43. The van der Waals surface area contributed by atoms with Crippen LogP contribution in [0.25, 0.3) is 0 Å². The second-order valence-electron chi connectivity index (χ2n) is 4.76. The zero-order chi connectivity index (χ0) is 11.8. The summed E-state index contributed by atoms with van der Waals surface area (Å²) >= 11 is 6.12. The molecule has 0 amide bonds. The van der Waals surface area contributed by atoms with Crippen LogP contribution in [0, 0.1) is 0 Å². The van der Waals surface area contributed by atoms with Crippen molar-refractivity contribution in [2.45, 2.75) is 31.7 Å². The van der Waals surface area contributed by atoms with Crippen LogP contribution < -0.4 is 4.90 Å². The molecule has 2 atom stereocenters. The molecule has 3 nitrogen and oxygen atoms in total. The predicted octanol–water partition coefficient (Wildman–Crippen LogP) is 2.20. The topological polar surface area (TPSA) is 32.7 Å². The van der Waals surface area contributed by atoms with E-state index in [2.05, 4.69) is 4.90 Å². The van der Waals surface area contributed by atoms with Gasteiger partial charge >= 0.3 is 0 Å². The van der Waals surface area contributed by atoms with Crippen molar-refractivity contribution in [3.8, 4) is 0 Å². The number of hydrogen-bond donors (Lipinski definition) is 1. The van der Waals surface area contributed by atoms with Gasteiger partial charge in [-0.25, -0.2) is 0 Å². The van der Waals surface area contributed by atoms with Crippen molar-refractivity contribution in [1.29, 1.82) is 0 Å². The van der Waals surface area contributed by atoms with E-state index in [1.54, 1.807) is 0 Å². The molecule has 1 aromatic carbocycles. The molecule has 2 unspecified atom stereocenters. The number of ether oxygens (including phenoxy) is 1. The summed E-state index contributed by atoms with van der Waals surface area (Å²) < 4.78 is 5.82. The van der Waals surface area contributed by atoms with Crippen LogP contribution in [0.4, 0.5) is 5.69 Å². The Kier molecular flexibility index (Phi) is 2.99. The van der Waals surface area contributed by atoms with Gasteiger partial charge in [0.1, 0.15) is 0 Å². The summed E-state index contributed by atoms with van der Waals surface area (Å²) in [5.74, 6) is 0. The predicted molar refractivity (Wildman–Crippen MR) is 67.5 cm³/mol. The lowest BCUT2D eigenvalue weighted by atomic mass is 10.1. The van der Waals surface area contributed by atoms with Gasteiger partial charge in [0, 0.05) is 29.4 Å². The van der Waals surface area contributed by atoms with Crippen LogP contribution in [0.3, 0.4) is 0 Å². The first kappa shape index (κ1) is 11.3. The van der Waals surface area contributed by atoms with Crippen molar-refractivity contribution in [2.24, 2.45) is 0 Å². The minimum absolute atomic E-state index is 0.0122. The van der Waals surface area contributed by atoms with E-state index in [0.717, 1.165) is 37.2 Å².